The van der Waals surface area contributed by atoms with E-state index in [0.717, 1.165) is 68.9 Å². The van der Waals surface area contributed by atoms with Crippen molar-refractivity contribution in [1.82, 2.24) is 19.6 Å². The number of hydrogen-bond acceptors (Lipinski definition) is 5. The summed E-state index contributed by atoms with van der Waals surface area (Å²) in [7, 11) is 3.79. The van der Waals surface area contributed by atoms with Gasteiger partial charge in [0, 0.05) is 51.3 Å². The van der Waals surface area contributed by atoms with Crippen LogP contribution >= 0.6 is 0 Å². The van der Waals surface area contributed by atoms with Crippen molar-refractivity contribution < 1.29 is 13.9 Å². The largest absolute Gasteiger partial charge is 0.383 e. The fourth-order valence-electron chi connectivity index (χ4n) is 4.95. The fourth-order valence-corrected chi connectivity index (χ4v) is 4.95. The molecule has 2 heterocycles. The van der Waals surface area contributed by atoms with Crippen LogP contribution in [0.3, 0.4) is 0 Å². The van der Waals surface area contributed by atoms with Gasteiger partial charge in [-0.05, 0) is 45.0 Å². The molecule has 8 heteroatoms. The van der Waals surface area contributed by atoms with Crippen molar-refractivity contribution >= 4 is 11.7 Å². The Balaban J connectivity index is 1.71. The van der Waals surface area contributed by atoms with Crippen LogP contribution in [0.15, 0.2) is 24.3 Å². The number of carbonyl (C=O) groups is 1. The summed E-state index contributed by atoms with van der Waals surface area (Å²) >= 11 is 0. The molecular formula is C25H36FN5O2. The molecule has 1 saturated carbocycles. The number of carbonyl (C=O) groups excluding carboxylic acids is 1. The van der Waals surface area contributed by atoms with E-state index in [4.69, 9.17) is 9.84 Å². The summed E-state index contributed by atoms with van der Waals surface area (Å²) in [6.07, 6.45) is 4.18. The minimum absolute atomic E-state index is 0.104. The Labute approximate surface area is 196 Å². The molecule has 0 N–H and O–H groups in total. The van der Waals surface area contributed by atoms with Crippen molar-refractivity contribution in [3.63, 3.8) is 0 Å². The molecule has 33 heavy (non-hydrogen) atoms. The monoisotopic (exact) mass is 457 g/mol. The summed E-state index contributed by atoms with van der Waals surface area (Å²) in [5.74, 6) is 0.997. The maximum Gasteiger partial charge on any atom is 0.226 e. The molecule has 0 bridgehead atoms. The number of ether oxygens (including phenoxy) is 1. The highest BCUT2D eigenvalue weighted by atomic mass is 19.1. The number of aromatic nitrogens is 2. The van der Waals surface area contributed by atoms with Crippen LogP contribution in [0, 0.1) is 18.7 Å². The number of anilines is 1. The highest BCUT2D eigenvalue weighted by Gasteiger charge is 2.31. The molecule has 4 rings (SSSR count). The summed E-state index contributed by atoms with van der Waals surface area (Å²) in [6, 6.07) is 6.56. The van der Waals surface area contributed by atoms with E-state index in [2.05, 4.69) is 16.8 Å². The molecule has 0 spiro atoms. The average molecular weight is 458 g/mol. The molecule has 0 radical (unpaired) electrons. The van der Waals surface area contributed by atoms with Crippen LogP contribution in [0.25, 0.3) is 5.69 Å². The van der Waals surface area contributed by atoms with Crippen molar-refractivity contribution in [3.05, 3.63) is 41.3 Å². The summed E-state index contributed by atoms with van der Waals surface area (Å²) in [5, 5.41) is 4.83. The quantitative estimate of drug-likeness (QED) is 0.609. The summed E-state index contributed by atoms with van der Waals surface area (Å²) in [6.45, 7) is 7.14. The predicted molar refractivity (Wildman–Crippen MR) is 127 cm³/mol. The van der Waals surface area contributed by atoms with Gasteiger partial charge in [-0.15, -0.1) is 0 Å². The topological polar surface area (TPSA) is 53.8 Å². The van der Waals surface area contributed by atoms with E-state index in [1.807, 2.05) is 22.6 Å². The standard InChI is InChI=1S/C25H36FN5O2/c1-19-23(18-30(15-16-33-3)25(32)20-7-4-5-8-20)24(29-13-11-28(2)12-14-29)31(27-19)22-10-6-9-21(26)17-22/h6,9-10,17,20H,4-5,7-8,11-16,18H2,1-3H3. The van der Waals surface area contributed by atoms with Crippen molar-refractivity contribution in [1.29, 1.82) is 0 Å². The van der Waals surface area contributed by atoms with Gasteiger partial charge < -0.3 is 19.4 Å². The number of methoxy groups -OCH3 is 1. The minimum Gasteiger partial charge on any atom is -0.383 e. The molecule has 2 aliphatic rings. The minimum atomic E-state index is -0.287. The molecule has 1 amide bonds. The Morgan fingerprint density at radius 2 is 1.94 bits per heavy atom. The van der Waals surface area contributed by atoms with Gasteiger partial charge in [0.2, 0.25) is 5.91 Å². The Hall–Kier alpha value is -2.45. The number of likely N-dealkylation sites (N-methyl/N-ethyl adjacent to an activating group) is 1. The van der Waals surface area contributed by atoms with Crippen LogP contribution in [-0.4, -0.2) is 79.0 Å². The van der Waals surface area contributed by atoms with Gasteiger partial charge in [0.1, 0.15) is 11.6 Å². The van der Waals surface area contributed by atoms with Crippen molar-refractivity contribution in [3.8, 4) is 5.69 Å². The van der Waals surface area contributed by atoms with E-state index in [1.165, 1.54) is 12.1 Å². The Morgan fingerprint density at radius 1 is 1.21 bits per heavy atom. The van der Waals surface area contributed by atoms with Gasteiger partial charge in [0.05, 0.1) is 24.5 Å². The third-order valence-corrected chi connectivity index (χ3v) is 6.94. The third-order valence-electron chi connectivity index (χ3n) is 6.94. The van der Waals surface area contributed by atoms with E-state index in [9.17, 15) is 9.18 Å². The number of hydrogen-bond donors (Lipinski definition) is 0. The highest BCUT2D eigenvalue weighted by Crippen LogP contribution is 2.32. The fraction of sp³-hybridized carbons (Fsp3) is 0.600. The summed E-state index contributed by atoms with van der Waals surface area (Å²) in [5.41, 5.74) is 2.60. The van der Waals surface area contributed by atoms with Gasteiger partial charge >= 0.3 is 0 Å². The molecule has 7 nitrogen and oxygen atoms in total. The van der Waals surface area contributed by atoms with E-state index in [1.54, 1.807) is 13.2 Å². The van der Waals surface area contributed by atoms with Gasteiger partial charge in [-0.2, -0.15) is 5.10 Å². The van der Waals surface area contributed by atoms with E-state index < -0.39 is 0 Å². The lowest BCUT2D eigenvalue weighted by atomic mass is 10.1. The van der Waals surface area contributed by atoms with Gasteiger partial charge in [-0.3, -0.25) is 4.79 Å². The van der Waals surface area contributed by atoms with Gasteiger partial charge in [0.15, 0.2) is 0 Å². The molecule has 1 aromatic heterocycles. The molecule has 1 aliphatic carbocycles. The number of amides is 1. The average Bonchev–Trinajstić information content (AvgIpc) is 3.45. The Bertz CT molecular complexity index is 948. The van der Waals surface area contributed by atoms with Crippen molar-refractivity contribution in [2.75, 3.05) is 58.4 Å². The summed E-state index contributed by atoms with van der Waals surface area (Å²) in [4.78, 5) is 20.0. The zero-order chi connectivity index (χ0) is 23.4. The predicted octanol–water partition coefficient (Wildman–Crippen LogP) is 3.24. The van der Waals surface area contributed by atoms with Crippen LogP contribution in [0.4, 0.5) is 10.2 Å². The normalized spacial score (nSPS) is 17.6. The first kappa shape index (κ1) is 23.7. The van der Waals surface area contributed by atoms with Gasteiger partial charge in [0.25, 0.3) is 0 Å². The zero-order valence-corrected chi connectivity index (χ0v) is 20.1. The van der Waals surface area contributed by atoms with Crippen LogP contribution in [0.1, 0.15) is 36.9 Å². The number of nitrogens with zero attached hydrogens (tertiary/aromatic N) is 5. The number of piperazine rings is 1. The molecule has 2 fully saturated rings. The lowest BCUT2D eigenvalue weighted by Gasteiger charge is -2.35. The second-order valence-electron chi connectivity index (χ2n) is 9.30. The molecule has 1 saturated heterocycles. The van der Waals surface area contributed by atoms with Crippen LogP contribution in [0.5, 0.6) is 0 Å². The first-order chi connectivity index (χ1) is 16.0. The van der Waals surface area contributed by atoms with E-state index in [-0.39, 0.29) is 17.6 Å². The maximum atomic E-state index is 14.1. The van der Waals surface area contributed by atoms with E-state index in [0.29, 0.717) is 25.4 Å². The Morgan fingerprint density at radius 3 is 2.61 bits per heavy atom. The Kier molecular flexibility index (Phi) is 7.65. The summed E-state index contributed by atoms with van der Waals surface area (Å²) < 4.78 is 21.3. The highest BCUT2D eigenvalue weighted by molar-refractivity contribution is 5.79. The third kappa shape index (κ3) is 5.38. The van der Waals surface area contributed by atoms with Crippen LogP contribution in [0.2, 0.25) is 0 Å². The van der Waals surface area contributed by atoms with Crippen molar-refractivity contribution in [2.45, 2.75) is 39.2 Å². The number of aryl methyl sites for hydroxylation is 1. The van der Waals surface area contributed by atoms with Gasteiger partial charge in [-0.1, -0.05) is 18.9 Å². The second-order valence-corrected chi connectivity index (χ2v) is 9.30. The van der Waals surface area contributed by atoms with Crippen molar-refractivity contribution in [2.24, 2.45) is 5.92 Å². The molecular weight excluding hydrogens is 421 g/mol. The van der Waals surface area contributed by atoms with Crippen LogP contribution in [-0.2, 0) is 16.1 Å². The van der Waals surface area contributed by atoms with Gasteiger partial charge in [-0.25, -0.2) is 9.07 Å². The SMILES string of the molecule is COCCN(Cc1c(C)nn(-c2cccc(F)c2)c1N1CCN(C)CC1)C(=O)C1CCCC1. The lowest BCUT2D eigenvalue weighted by molar-refractivity contribution is -0.136. The molecule has 0 unspecified atom stereocenters. The number of halogens is 1. The van der Waals surface area contributed by atoms with E-state index >= 15 is 0 Å². The maximum absolute atomic E-state index is 14.1. The second kappa shape index (κ2) is 10.7. The zero-order valence-electron chi connectivity index (χ0n) is 20.1. The first-order valence-corrected chi connectivity index (χ1v) is 12.0. The lowest BCUT2D eigenvalue weighted by Crippen LogP contribution is -2.46. The smallest absolute Gasteiger partial charge is 0.226 e. The molecule has 180 valence electrons. The molecule has 2 aromatic rings. The molecule has 0 atom stereocenters. The molecule has 1 aliphatic heterocycles. The molecule has 1 aromatic carbocycles. The first-order valence-electron chi connectivity index (χ1n) is 12.0. The number of benzene rings is 1. The number of rotatable bonds is 8. The van der Waals surface area contributed by atoms with Crippen LogP contribution < -0.4 is 4.90 Å².